The van der Waals surface area contributed by atoms with Gasteiger partial charge in [-0.2, -0.15) is 0 Å². The van der Waals surface area contributed by atoms with Gasteiger partial charge >= 0.3 is 12.0 Å². The van der Waals surface area contributed by atoms with Crippen molar-refractivity contribution in [3.63, 3.8) is 0 Å². The summed E-state index contributed by atoms with van der Waals surface area (Å²) in [5.41, 5.74) is 0. The van der Waals surface area contributed by atoms with Gasteiger partial charge in [0.1, 0.15) is 6.54 Å². The molecule has 114 valence electrons. The number of nitrogens with zero attached hydrogens (tertiary/aromatic N) is 1. The third kappa shape index (κ3) is 3.85. The molecule has 2 N–H and O–H groups in total. The lowest BCUT2D eigenvalue weighted by atomic mass is 9.82. The highest BCUT2D eigenvalue weighted by atomic mass is 16.5. The van der Waals surface area contributed by atoms with Gasteiger partial charge in [0, 0.05) is 18.1 Å². The number of urea groups is 1. The van der Waals surface area contributed by atoms with Crippen LogP contribution >= 0.6 is 0 Å². The first-order chi connectivity index (χ1) is 9.60. The van der Waals surface area contributed by atoms with Gasteiger partial charge in [0.25, 0.3) is 0 Å². The second-order valence-corrected chi connectivity index (χ2v) is 5.70. The minimum atomic E-state index is -0.400. The number of hydrogen-bond acceptors (Lipinski definition) is 4. The Labute approximate surface area is 120 Å². The fraction of sp³-hybridized carbons (Fsp3) is 0.857. The van der Waals surface area contributed by atoms with Crippen molar-refractivity contribution in [2.75, 3.05) is 20.2 Å². The minimum absolute atomic E-state index is 0.0703. The SMILES string of the molecule is CCOC(=O)CNC(=O)NC1CC2CCCC(C1)N2C. The van der Waals surface area contributed by atoms with Crippen molar-refractivity contribution in [2.24, 2.45) is 0 Å². The average Bonchev–Trinajstić information content (AvgIpc) is 2.38. The Bertz CT molecular complexity index is 348. The number of piperidine rings is 2. The number of fused-ring (bicyclic) bond motifs is 2. The van der Waals surface area contributed by atoms with Crippen molar-refractivity contribution in [1.82, 2.24) is 15.5 Å². The summed E-state index contributed by atoms with van der Waals surface area (Å²) >= 11 is 0. The molecule has 0 aromatic heterocycles. The van der Waals surface area contributed by atoms with Crippen LogP contribution in [0.25, 0.3) is 0 Å². The molecule has 2 fully saturated rings. The molecule has 0 aromatic carbocycles. The van der Waals surface area contributed by atoms with Crippen LogP contribution in [0.1, 0.15) is 39.0 Å². The smallest absolute Gasteiger partial charge is 0.325 e. The van der Waals surface area contributed by atoms with Crippen molar-refractivity contribution in [2.45, 2.75) is 57.2 Å². The van der Waals surface area contributed by atoms with Crippen LogP contribution in [-0.2, 0) is 9.53 Å². The van der Waals surface area contributed by atoms with E-state index in [0.29, 0.717) is 18.7 Å². The second-order valence-electron chi connectivity index (χ2n) is 5.70. The van der Waals surface area contributed by atoms with Crippen molar-refractivity contribution in [3.8, 4) is 0 Å². The number of carbonyl (C=O) groups is 2. The maximum Gasteiger partial charge on any atom is 0.325 e. The number of carbonyl (C=O) groups excluding carboxylic acids is 2. The summed E-state index contributed by atoms with van der Waals surface area (Å²) in [5, 5.41) is 5.53. The van der Waals surface area contributed by atoms with Crippen molar-refractivity contribution >= 4 is 12.0 Å². The maximum absolute atomic E-state index is 11.8. The average molecular weight is 283 g/mol. The van der Waals surface area contributed by atoms with E-state index in [1.54, 1.807) is 6.92 Å². The molecule has 0 saturated carbocycles. The van der Waals surface area contributed by atoms with Gasteiger partial charge in [0.05, 0.1) is 6.61 Å². The third-order valence-corrected chi connectivity index (χ3v) is 4.37. The summed E-state index contributed by atoms with van der Waals surface area (Å²) in [6.45, 7) is 2.01. The Hall–Kier alpha value is -1.30. The first-order valence-electron chi connectivity index (χ1n) is 7.52. The molecule has 6 nitrogen and oxygen atoms in total. The van der Waals surface area contributed by atoms with E-state index in [9.17, 15) is 9.59 Å². The van der Waals surface area contributed by atoms with Crippen LogP contribution in [0.2, 0.25) is 0 Å². The second kappa shape index (κ2) is 6.92. The van der Waals surface area contributed by atoms with Gasteiger partial charge in [-0.05, 0) is 39.7 Å². The summed E-state index contributed by atoms with van der Waals surface area (Å²) in [7, 11) is 2.19. The molecule has 2 aliphatic rings. The van der Waals surface area contributed by atoms with Crippen LogP contribution < -0.4 is 10.6 Å². The molecule has 0 aliphatic carbocycles. The van der Waals surface area contributed by atoms with E-state index in [-0.39, 0.29) is 18.6 Å². The van der Waals surface area contributed by atoms with Gasteiger partial charge in [0.15, 0.2) is 0 Å². The molecular weight excluding hydrogens is 258 g/mol. The number of nitrogens with one attached hydrogen (secondary N) is 2. The van der Waals surface area contributed by atoms with E-state index in [2.05, 4.69) is 22.6 Å². The molecule has 2 aliphatic heterocycles. The molecule has 2 heterocycles. The fourth-order valence-electron chi connectivity index (χ4n) is 3.33. The highest BCUT2D eigenvalue weighted by Crippen LogP contribution is 2.32. The zero-order valence-electron chi connectivity index (χ0n) is 12.4. The first kappa shape index (κ1) is 15.1. The lowest BCUT2D eigenvalue weighted by Gasteiger charge is -2.47. The number of hydrogen-bond donors (Lipinski definition) is 2. The standard InChI is InChI=1S/C14H25N3O3/c1-3-20-13(18)9-15-14(19)16-10-7-11-5-4-6-12(8-10)17(11)2/h10-12H,3-9H2,1-2H3,(H2,15,16,19). The van der Waals surface area contributed by atoms with Gasteiger partial charge in [-0.25, -0.2) is 4.79 Å². The lowest BCUT2D eigenvalue weighted by Crippen LogP contribution is -2.56. The van der Waals surface area contributed by atoms with E-state index < -0.39 is 5.97 Å². The quantitative estimate of drug-likeness (QED) is 0.751. The molecule has 0 spiro atoms. The van der Waals surface area contributed by atoms with E-state index in [4.69, 9.17) is 4.74 Å². The zero-order valence-corrected chi connectivity index (χ0v) is 12.4. The molecular formula is C14H25N3O3. The number of esters is 1. The highest BCUT2D eigenvalue weighted by molar-refractivity contribution is 5.80. The summed E-state index contributed by atoms with van der Waals surface area (Å²) < 4.78 is 4.77. The van der Waals surface area contributed by atoms with Crippen LogP contribution in [0.4, 0.5) is 4.79 Å². The minimum Gasteiger partial charge on any atom is -0.465 e. The maximum atomic E-state index is 11.8. The normalized spacial score (nSPS) is 29.6. The molecule has 2 unspecified atom stereocenters. The Balaban J connectivity index is 1.73. The summed E-state index contributed by atoms with van der Waals surface area (Å²) in [4.78, 5) is 25.4. The summed E-state index contributed by atoms with van der Waals surface area (Å²) in [6, 6.07) is 1.10. The highest BCUT2D eigenvalue weighted by Gasteiger charge is 2.36. The molecule has 20 heavy (non-hydrogen) atoms. The molecule has 2 amide bonds. The van der Waals surface area contributed by atoms with E-state index in [0.717, 1.165) is 12.8 Å². The van der Waals surface area contributed by atoms with E-state index in [1.165, 1.54) is 19.3 Å². The molecule has 2 saturated heterocycles. The topological polar surface area (TPSA) is 70.7 Å². The van der Waals surface area contributed by atoms with Crippen molar-refractivity contribution in [1.29, 1.82) is 0 Å². The van der Waals surface area contributed by atoms with E-state index in [1.807, 2.05) is 0 Å². The lowest BCUT2D eigenvalue weighted by molar-refractivity contribution is -0.141. The Morgan fingerprint density at radius 1 is 1.25 bits per heavy atom. The number of amides is 2. The number of rotatable bonds is 4. The van der Waals surface area contributed by atoms with Gasteiger partial charge in [0.2, 0.25) is 0 Å². The van der Waals surface area contributed by atoms with Crippen LogP contribution in [0, 0.1) is 0 Å². The molecule has 2 atom stereocenters. The Kier molecular flexibility index (Phi) is 5.23. The fourth-order valence-corrected chi connectivity index (χ4v) is 3.33. The number of ether oxygens (including phenoxy) is 1. The van der Waals surface area contributed by atoms with Crippen LogP contribution in [0.3, 0.4) is 0 Å². The van der Waals surface area contributed by atoms with Crippen LogP contribution in [0.5, 0.6) is 0 Å². The summed E-state index contributed by atoms with van der Waals surface area (Å²) in [5.74, 6) is -0.400. The van der Waals surface area contributed by atoms with Gasteiger partial charge < -0.3 is 20.3 Å². The zero-order chi connectivity index (χ0) is 14.5. The third-order valence-electron chi connectivity index (χ3n) is 4.37. The summed E-state index contributed by atoms with van der Waals surface area (Å²) in [6.07, 6.45) is 5.73. The van der Waals surface area contributed by atoms with Crippen LogP contribution in [0.15, 0.2) is 0 Å². The molecule has 0 aromatic rings. The Morgan fingerprint density at radius 3 is 2.50 bits per heavy atom. The van der Waals surface area contributed by atoms with Crippen LogP contribution in [-0.4, -0.2) is 55.2 Å². The molecule has 0 radical (unpaired) electrons. The van der Waals surface area contributed by atoms with Gasteiger partial charge in [-0.1, -0.05) is 6.42 Å². The molecule has 6 heteroatoms. The predicted molar refractivity (Wildman–Crippen MR) is 75.4 cm³/mol. The monoisotopic (exact) mass is 283 g/mol. The van der Waals surface area contributed by atoms with Crippen molar-refractivity contribution in [3.05, 3.63) is 0 Å². The Morgan fingerprint density at radius 2 is 1.90 bits per heavy atom. The molecule has 2 rings (SSSR count). The van der Waals surface area contributed by atoms with Gasteiger partial charge in [-0.15, -0.1) is 0 Å². The van der Waals surface area contributed by atoms with Crippen molar-refractivity contribution < 1.29 is 14.3 Å². The van der Waals surface area contributed by atoms with E-state index >= 15 is 0 Å². The van der Waals surface area contributed by atoms with Gasteiger partial charge in [-0.3, -0.25) is 4.79 Å². The first-order valence-corrected chi connectivity index (χ1v) is 7.52. The predicted octanol–water partition coefficient (Wildman–Crippen LogP) is 0.864. The largest absolute Gasteiger partial charge is 0.465 e. The molecule has 2 bridgehead atoms.